The van der Waals surface area contributed by atoms with Gasteiger partial charge in [-0.05, 0) is 74.3 Å². The van der Waals surface area contributed by atoms with Crippen LogP contribution in [0.3, 0.4) is 0 Å². The number of benzene rings is 9. The summed E-state index contributed by atoms with van der Waals surface area (Å²) >= 11 is 0. The van der Waals surface area contributed by atoms with Gasteiger partial charge in [0.1, 0.15) is 0 Å². The quantitative estimate of drug-likeness (QED) is 0.174. The highest BCUT2D eigenvalue weighted by atomic mass is 15.1. The first-order valence-electron chi connectivity index (χ1n) is 21.6. The van der Waals surface area contributed by atoms with Crippen molar-refractivity contribution in [2.75, 3.05) is 0 Å². The first kappa shape index (κ1) is 36.0. The van der Waals surface area contributed by atoms with E-state index in [1.807, 2.05) is 91.0 Å². The molecule has 64 heavy (non-hydrogen) atoms. The molecule has 0 fully saturated rings. The standard InChI is InChI=1S/C59H35N5/c60-36-37-34-45(38-18-4-1-5-19-38)55(46(35-37)58-62-56(39-20-6-2-7-21-39)61-57(63-58)40-22-8-3-9-23-40)64-51-31-17-13-27-44(51)54-52(64)33-32-50-53(54)43-26-12-16-30-49(43)59(50)47-28-14-10-24-41(47)42-25-11-15-29-48(42)59/h1-35H. The highest BCUT2D eigenvalue weighted by Crippen LogP contribution is 2.64. The summed E-state index contributed by atoms with van der Waals surface area (Å²) in [4.78, 5) is 15.6. The van der Waals surface area contributed by atoms with E-state index in [0.717, 1.165) is 49.9 Å². The number of aromatic nitrogens is 4. The number of hydrogen-bond acceptors (Lipinski definition) is 4. The van der Waals surface area contributed by atoms with Crippen molar-refractivity contribution in [1.82, 2.24) is 19.5 Å². The predicted molar refractivity (Wildman–Crippen MR) is 257 cm³/mol. The highest BCUT2D eigenvalue weighted by Gasteiger charge is 2.52. The molecule has 0 saturated heterocycles. The summed E-state index contributed by atoms with van der Waals surface area (Å²) in [5.41, 5.74) is 17.6. The molecule has 2 aliphatic rings. The SMILES string of the molecule is N#Cc1cc(-c2ccccc2)c(-n2c3ccccc3c3c4c(ccc32)C2(c3ccccc3-c3ccccc32)c2ccccc2-4)c(-c2nc(-c3ccccc3)nc(-c3ccccc3)n2)c1. The molecule has 0 N–H and O–H groups in total. The van der Waals surface area contributed by atoms with Gasteiger partial charge in [-0.25, -0.2) is 15.0 Å². The molecule has 2 aliphatic carbocycles. The lowest BCUT2D eigenvalue weighted by atomic mass is 9.70. The van der Waals surface area contributed by atoms with Gasteiger partial charge in [0, 0.05) is 33.0 Å². The summed E-state index contributed by atoms with van der Waals surface area (Å²) in [5.74, 6) is 1.59. The van der Waals surface area contributed by atoms with Crippen molar-refractivity contribution in [3.8, 4) is 79.3 Å². The van der Waals surface area contributed by atoms with E-state index in [2.05, 4.69) is 132 Å². The van der Waals surface area contributed by atoms with Gasteiger partial charge < -0.3 is 4.57 Å². The fraction of sp³-hybridized carbons (Fsp3) is 0.0169. The Bertz CT molecular complexity index is 3630. The minimum absolute atomic E-state index is 0.479. The zero-order valence-electron chi connectivity index (χ0n) is 34.4. The minimum Gasteiger partial charge on any atom is -0.308 e. The molecule has 0 bridgehead atoms. The maximum atomic E-state index is 10.7. The van der Waals surface area contributed by atoms with Crippen molar-refractivity contribution in [1.29, 1.82) is 5.26 Å². The second-order valence-electron chi connectivity index (χ2n) is 16.6. The Morgan fingerprint density at radius 3 is 1.48 bits per heavy atom. The lowest BCUT2D eigenvalue weighted by molar-refractivity contribution is 0.794. The lowest BCUT2D eigenvalue weighted by Crippen LogP contribution is -2.25. The Balaban J connectivity index is 1.18. The summed E-state index contributed by atoms with van der Waals surface area (Å²) < 4.78 is 2.39. The van der Waals surface area contributed by atoms with Crippen molar-refractivity contribution in [2.24, 2.45) is 0 Å². The summed E-state index contributed by atoms with van der Waals surface area (Å²) in [6, 6.07) is 77.2. The third-order valence-electron chi connectivity index (χ3n) is 13.3. The zero-order valence-corrected chi connectivity index (χ0v) is 34.4. The van der Waals surface area contributed by atoms with Crippen LogP contribution in [0.15, 0.2) is 212 Å². The fourth-order valence-electron chi connectivity index (χ4n) is 10.8. The number of nitriles is 1. The molecule has 5 nitrogen and oxygen atoms in total. The van der Waals surface area contributed by atoms with Crippen molar-refractivity contribution in [3.63, 3.8) is 0 Å². The molecule has 5 heteroatoms. The Hall–Kier alpha value is -8.72. The maximum absolute atomic E-state index is 10.7. The van der Waals surface area contributed by atoms with Gasteiger partial charge in [-0.2, -0.15) is 5.26 Å². The van der Waals surface area contributed by atoms with Crippen LogP contribution in [0.4, 0.5) is 0 Å². The van der Waals surface area contributed by atoms with Crippen LogP contribution in [0, 0.1) is 11.3 Å². The molecule has 0 unspecified atom stereocenters. The van der Waals surface area contributed by atoms with E-state index in [4.69, 9.17) is 15.0 Å². The van der Waals surface area contributed by atoms with E-state index in [-0.39, 0.29) is 0 Å². The Morgan fingerprint density at radius 1 is 0.391 bits per heavy atom. The summed E-state index contributed by atoms with van der Waals surface area (Å²) in [6.45, 7) is 0. The van der Waals surface area contributed by atoms with Gasteiger partial charge in [0.05, 0.1) is 33.8 Å². The monoisotopic (exact) mass is 813 g/mol. The Morgan fingerprint density at radius 2 is 0.875 bits per heavy atom. The molecule has 0 saturated carbocycles. The molecule has 0 atom stereocenters. The van der Waals surface area contributed by atoms with Crippen LogP contribution in [0.2, 0.25) is 0 Å². The Kier molecular flexibility index (Phi) is 7.82. The van der Waals surface area contributed by atoms with Gasteiger partial charge in [-0.15, -0.1) is 0 Å². The molecular formula is C59H35N5. The van der Waals surface area contributed by atoms with Crippen LogP contribution < -0.4 is 0 Å². The fourth-order valence-corrected chi connectivity index (χ4v) is 10.8. The summed E-state index contributed by atoms with van der Waals surface area (Å²) in [6.07, 6.45) is 0. The number of rotatable bonds is 5. The van der Waals surface area contributed by atoms with Gasteiger partial charge in [-0.1, -0.05) is 188 Å². The number of fused-ring (bicyclic) bond motifs is 14. The largest absolute Gasteiger partial charge is 0.308 e. The molecule has 0 aliphatic heterocycles. The molecule has 296 valence electrons. The molecule has 0 radical (unpaired) electrons. The summed E-state index contributed by atoms with van der Waals surface area (Å²) in [7, 11) is 0. The van der Waals surface area contributed by atoms with E-state index < -0.39 is 5.41 Å². The van der Waals surface area contributed by atoms with Crippen molar-refractivity contribution >= 4 is 21.8 Å². The van der Waals surface area contributed by atoms with Crippen LogP contribution in [0.5, 0.6) is 0 Å². The average molecular weight is 814 g/mol. The van der Waals surface area contributed by atoms with E-state index in [1.165, 1.54) is 49.9 Å². The van der Waals surface area contributed by atoms with Crippen LogP contribution in [-0.4, -0.2) is 19.5 Å². The topological polar surface area (TPSA) is 67.4 Å². The minimum atomic E-state index is -0.488. The highest BCUT2D eigenvalue weighted by molar-refractivity contribution is 6.19. The van der Waals surface area contributed by atoms with E-state index in [1.54, 1.807) is 0 Å². The van der Waals surface area contributed by atoms with E-state index in [9.17, 15) is 5.26 Å². The average Bonchev–Trinajstić information content (AvgIpc) is 3.98. The van der Waals surface area contributed by atoms with Gasteiger partial charge in [0.2, 0.25) is 0 Å². The number of hydrogen-bond donors (Lipinski definition) is 0. The van der Waals surface area contributed by atoms with E-state index in [0.29, 0.717) is 23.0 Å². The first-order chi connectivity index (χ1) is 31.7. The molecular weight excluding hydrogens is 779 g/mol. The number of nitrogens with zero attached hydrogens (tertiary/aromatic N) is 5. The molecule has 1 spiro atoms. The zero-order chi connectivity index (χ0) is 42.4. The molecule has 13 rings (SSSR count). The third-order valence-corrected chi connectivity index (χ3v) is 13.3. The second-order valence-corrected chi connectivity index (χ2v) is 16.6. The second kappa shape index (κ2) is 13.9. The molecule has 9 aromatic carbocycles. The van der Waals surface area contributed by atoms with Gasteiger partial charge in [0.25, 0.3) is 0 Å². The van der Waals surface area contributed by atoms with Crippen molar-refractivity contribution in [3.05, 3.63) is 240 Å². The molecule has 2 aromatic heterocycles. The summed E-state index contributed by atoms with van der Waals surface area (Å²) in [5, 5.41) is 13.1. The third kappa shape index (κ3) is 5.02. The normalized spacial score (nSPS) is 12.8. The van der Waals surface area contributed by atoms with E-state index >= 15 is 0 Å². The van der Waals surface area contributed by atoms with Crippen LogP contribution in [0.1, 0.15) is 27.8 Å². The first-order valence-corrected chi connectivity index (χ1v) is 21.6. The Labute approximate surface area is 369 Å². The van der Waals surface area contributed by atoms with Crippen LogP contribution >= 0.6 is 0 Å². The van der Waals surface area contributed by atoms with Crippen molar-refractivity contribution < 1.29 is 0 Å². The lowest BCUT2D eigenvalue weighted by Gasteiger charge is -2.30. The smallest absolute Gasteiger partial charge is 0.166 e. The molecule has 2 heterocycles. The van der Waals surface area contributed by atoms with Gasteiger partial charge in [0.15, 0.2) is 17.5 Å². The predicted octanol–water partition coefficient (Wildman–Crippen LogP) is 13.9. The van der Waals surface area contributed by atoms with Crippen LogP contribution in [-0.2, 0) is 5.41 Å². The maximum Gasteiger partial charge on any atom is 0.166 e. The van der Waals surface area contributed by atoms with Gasteiger partial charge >= 0.3 is 0 Å². The van der Waals surface area contributed by atoms with Crippen molar-refractivity contribution in [2.45, 2.75) is 5.41 Å². The van der Waals surface area contributed by atoms with Crippen LogP contribution in [0.25, 0.3) is 95.0 Å². The molecule has 0 amide bonds. The molecule has 11 aromatic rings. The number of para-hydroxylation sites is 1. The van der Waals surface area contributed by atoms with Gasteiger partial charge in [-0.3, -0.25) is 0 Å².